The minimum absolute atomic E-state index is 0.0847. The molecule has 0 fully saturated rings. The van der Waals surface area contributed by atoms with Crippen LogP contribution in [0.1, 0.15) is 5.56 Å². The number of para-hydroxylation sites is 1. The Morgan fingerprint density at radius 2 is 1.96 bits per heavy atom. The van der Waals surface area contributed by atoms with Crippen LogP contribution >= 0.6 is 0 Å². The molecular formula is C18H18F2N2O3. The normalized spacial score (nSPS) is 12.5. The zero-order valence-corrected chi connectivity index (χ0v) is 13.7. The molecule has 1 heterocycles. The smallest absolute Gasteiger partial charge is 0.161 e. The molecule has 2 aromatic carbocycles. The first kappa shape index (κ1) is 17.3. The van der Waals surface area contributed by atoms with Gasteiger partial charge in [-0.05, 0) is 6.07 Å². The number of fused-ring (bicyclic) bond motifs is 1. The Morgan fingerprint density at radius 3 is 2.76 bits per heavy atom. The number of aliphatic hydroxyl groups excluding tert-OH is 1. The molecule has 25 heavy (non-hydrogen) atoms. The first-order valence-electron chi connectivity index (χ1n) is 7.76. The molecule has 0 aliphatic carbocycles. The van der Waals surface area contributed by atoms with Crippen LogP contribution < -0.4 is 4.74 Å². The van der Waals surface area contributed by atoms with Crippen LogP contribution in [0.25, 0.3) is 11.0 Å². The Kier molecular flexibility index (Phi) is 5.25. The van der Waals surface area contributed by atoms with E-state index in [-0.39, 0.29) is 13.2 Å². The van der Waals surface area contributed by atoms with Crippen molar-refractivity contribution in [3.63, 3.8) is 0 Å². The van der Waals surface area contributed by atoms with Crippen LogP contribution in [0.3, 0.4) is 0 Å². The lowest BCUT2D eigenvalue weighted by Gasteiger charge is -2.14. The van der Waals surface area contributed by atoms with Crippen LogP contribution in [-0.2, 0) is 17.9 Å². The number of imidazole rings is 1. The number of nitrogens with zero attached hydrogens (tertiary/aromatic N) is 2. The summed E-state index contributed by atoms with van der Waals surface area (Å²) in [5.41, 5.74) is 1.63. The van der Waals surface area contributed by atoms with Gasteiger partial charge in [-0.15, -0.1) is 0 Å². The summed E-state index contributed by atoms with van der Waals surface area (Å²) in [4.78, 5) is 4.01. The maximum Gasteiger partial charge on any atom is 0.161 e. The molecule has 3 aromatic rings. The molecule has 7 heteroatoms. The van der Waals surface area contributed by atoms with Gasteiger partial charge in [0.1, 0.15) is 5.75 Å². The lowest BCUT2D eigenvalue weighted by molar-refractivity contribution is 0.0202. The van der Waals surface area contributed by atoms with E-state index in [0.29, 0.717) is 17.6 Å². The van der Waals surface area contributed by atoms with Crippen molar-refractivity contribution in [2.45, 2.75) is 19.3 Å². The summed E-state index contributed by atoms with van der Waals surface area (Å²) in [5, 5.41) is 10.1. The van der Waals surface area contributed by atoms with E-state index in [9.17, 15) is 13.9 Å². The minimum atomic E-state index is -0.948. The molecule has 1 atom stereocenters. The highest BCUT2D eigenvalue weighted by atomic mass is 19.2. The van der Waals surface area contributed by atoms with Gasteiger partial charge >= 0.3 is 0 Å². The van der Waals surface area contributed by atoms with Gasteiger partial charge in [-0.3, -0.25) is 0 Å². The van der Waals surface area contributed by atoms with E-state index in [1.165, 1.54) is 6.33 Å². The third kappa shape index (κ3) is 3.94. The van der Waals surface area contributed by atoms with Gasteiger partial charge in [0.25, 0.3) is 0 Å². The molecule has 0 spiro atoms. The van der Waals surface area contributed by atoms with Gasteiger partial charge in [0.2, 0.25) is 0 Å². The van der Waals surface area contributed by atoms with Crippen molar-refractivity contribution in [2.75, 3.05) is 13.7 Å². The van der Waals surface area contributed by atoms with E-state index in [1.54, 1.807) is 11.7 Å². The zero-order chi connectivity index (χ0) is 17.8. The van der Waals surface area contributed by atoms with Gasteiger partial charge in [0.15, 0.2) is 11.6 Å². The third-order valence-corrected chi connectivity index (χ3v) is 3.83. The summed E-state index contributed by atoms with van der Waals surface area (Å²) in [6.07, 6.45) is 0.618. The van der Waals surface area contributed by atoms with Gasteiger partial charge in [-0.25, -0.2) is 13.8 Å². The molecule has 0 amide bonds. The second kappa shape index (κ2) is 7.58. The molecule has 0 saturated carbocycles. The minimum Gasteiger partial charge on any atom is -0.496 e. The first-order valence-corrected chi connectivity index (χ1v) is 7.76. The summed E-state index contributed by atoms with van der Waals surface area (Å²) < 4.78 is 38.9. The highest BCUT2D eigenvalue weighted by molar-refractivity contribution is 5.75. The van der Waals surface area contributed by atoms with E-state index < -0.39 is 17.7 Å². The van der Waals surface area contributed by atoms with Crippen molar-refractivity contribution in [1.82, 2.24) is 9.55 Å². The number of rotatable bonds is 7. The topological polar surface area (TPSA) is 56.5 Å². The number of hydrogen-bond donors (Lipinski definition) is 1. The van der Waals surface area contributed by atoms with E-state index in [4.69, 9.17) is 9.47 Å². The monoisotopic (exact) mass is 348 g/mol. The molecule has 0 bridgehead atoms. The molecule has 1 aromatic heterocycles. The Morgan fingerprint density at radius 1 is 1.20 bits per heavy atom. The Balaban J connectivity index is 1.59. The first-order chi connectivity index (χ1) is 12.1. The molecular weight excluding hydrogens is 330 g/mol. The maximum atomic E-state index is 13.4. The van der Waals surface area contributed by atoms with Gasteiger partial charge in [-0.1, -0.05) is 18.2 Å². The average Bonchev–Trinajstić information content (AvgIpc) is 2.97. The summed E-state index contributed by atoms with van der Waals surface area (Å²) in [5.74, 6) is -1.18. The molecule has 0 radical (unpaired) electrons. The van der Waals surface area contributed by atoms with E-state index >= 15 is 0 Å². The summed E-state index contributed by atoms with van der Waals surface area (Å²) in [7, 11) is 1.58. The molecule has 0 saturated heterocycles. The predicted molar refractivity (Wildman–Crippen MR) is 88.3 cm³/mol. The van der Waals surface area contributed by atoms with Crippen LogP contribution in [-0.4, -0.2) is 34.5 Å². The number of halogens is 2. The van der Waals surface area contributed by atoms with E-state index in [0.717, 1.165) is 23.4 Å². The summed E-state index contributed by atoms with van der Waals surface area (Å²) in [6, 6.07) is 9.56. The molecule has 3 rings (SSSR count). The largest absolute Gasteiger partial charge is 0.496 e. The number of aromatic nitrogens is 2. The lowest BCUT2D eigenvalue weighted by Crippen LogP contribution is -2.21. The highest BCUT2D eigenvalue weighted by Crippen LogP contribution is 2.19. The van der Waals surface area contributed by atoms with E-state index in [2.05, 4.69) is 4.98 Å². The Bertz CT molecular complexity index is 867. The maximum absolute atomic E-state index is 13.4. The lowest BCUT2D eigenvalue weighted by atomic mass is 10.2. The van der Waals surface area contributed by atoms with Gasteiger partial charge in [-0.2, -0.15) is 0 Å². The van der Waals surface area contributed by atoms with Gasteiger partial charge in [0, 0.05) is 17.7 Å². The molecule has 5 nitrogen and oxygen atoms in total. The Labute approximate surface area is 143 Å². The van der Waals surface area contributed by atoms with Crippen molar-refractivity contribution in [2.24, 2.45) is 0 Å². The van der Waals surface area contributed by atoms with Gasteiger partial charge in [0.05, 0.1) is 50.3 Å². The molecule has 0 aliphatic rings. The predicted octanol–water partition coefficient (Wildman–Crippen LogP) is 2.90. The van der Waals surface area contributed by atoms with Crippen LogP contribution in [0.5, 0.6) is 5.75 Å². The van der Waals surface area contributed by atoms with Crippen LogP contribution in [0.2, 0.25) is 0 Å². The van der Waals surface area contributed by atoms with Crippen molar-refractivity contribution < 1.29 is 23.4 Å². The molecule has 1 N–H and O–H groups in total. The molecule has 0 unspecified atom stereocenters. The summed E-state index contributed by atoms with van der Waals surface area (Å²) in [6.45, 7) is 0.542. The second-order valence-electron chi connectivity index (χ2n) is 5.63. The van der Waals surface area contributed by atoms with Crippen molar-refractivity contribution in [1.29, 1.82) is 0 Å². The number of methoxy groups -OCH3 is 1. The second-order valence-corrected chi connectivity index (χ2v) is 5.63. The van der Waals surface area contributed by atoms with Crippen LogP contribution in [0, 0.1) is 11.6 Å². The molecule has 0 aliphatic heterocycles. The van der Waals surface area contributed by atoms with Gasteiger partial charge < -0.3 is 19.1 Å². The van der Waals surface area contributed by atoms with Crippen LogP contribution in [0.4, 0.5) is 8.78 Å². The average molecular weight is 348 g/mol. The fourth-order valence-electron chi connectivity index (χ4n) is 2.61. The quantitative estimate of drug-likeness (QED) is 0.713. The number of benzene rings is 2. The molecule has 132 valence electrons. The number of aliphatic hydroxyl groups is 1. The van der Waals surface area contributed by atoms with E-state index in [1.807, 2.05) is 24.3 Å². The van der Waals surface area contributed by atoms with Crippen molar-refractivity contribution in [3.05, 3.63) is 59.9 Å². The zero-order valence-electron chi connectivity index (χ0n) is 13.7. The highest BCUT2D eigenvalue weighted by Gasteiger charge is 2.12. The fourth-order valence-corrected chi connectivity index (χ4v) is 2.61. The van der Waals surface area contributed by atoms with Crippen molar-refractivity contribution >= 4 is 11.0 Å². The van der Waals surface area contributed by atoms with Crippen LogP contribution in [0.15, 0.2) is 42.7 Å². The summed E-state index contributed by atoms with van der Waals surface area (Å²) >= 11 is 0. The Hall–Kier alpha value is -2.51. The van der Waals surface area contributed by atoms with Crippen molar-refractivity contribution in [3.8, 4) is 5.75 Å². The SMILES string of the molecule is COc1ccccc1COC[C@@H](O)Cn1cnc2cc(F)c(F)cc21. The third-order valence-electron chi connectivity index (χ3n) is 3.83. The standard InChI is InChI=1S/C18H18F2N2O3/c1-24-18-5-3-2-4-12(18)9-25-10-13(23)8-22-11-21-16-6-14(19)15(20)7-17(16)22/h2-7,11,13,23H,8-10H2,1H3/t13-/m0/s1. The number of ether oxygens (including phenoxy) is 2. The number of hydrogen-bond acceptors (Lipinski definition) is 4. The fraction of sp³-hybridized carbons (Fsp3) is 0.278.